The van der Waals surface area contributed by atoms with E-state index >= 15 is 0 Å². The molecule has 0 spiro atoms. The van der Waals surface area contributed by atoms with Crippen LogP contribution < -0.4 is 10.4 Å². The van der Waals surface area contributed by atoms with Crippen LogP contribution in [0.5, 0.6) is 0 Å². The first-order valence-corrected chi connectivity index (χ1v) is 14.1. The van der Waals surface area contributed by atoms with Gasteiger partial charge in [-0.1, -0.05) is 92.7 Å². The van der Waals surface area contributed by atoms with E-state index in [0.717, 1.165) is 10.4 Å². The Balaban J connectivity index is 1.54. The third kappa shape index (κ3) is 5.41. The maximum Gasteiger partial charge on any atom is 0.338 e. The summed E-state index contributed by atoms with van der Waals surface area (Å²) in [5, 5.41) is 1.54. The highest BCUT2D eigenvalue weighted by atomic mass is 28.4. The summed E-state index contributed by atoms with van der Waals surface area (Å²) in [5.74, 6) is -0.361. The van der Waals surface area contributed by atoms with Crippen LogP contribution in [0.4, 0.5) is 0 Å². The average Bonchev–Trinajstić information content (AvgIpc) is 3.30. The highest BCUT2D eigenvalue weighted by molar-refractivity contribution is 6.98. The molecule has 5 nitrogen and oxygen atoms in total. The summed E-state index contributed by atoms with van der Waals surface area (Å²) < 4.78 is 17.4. The lowest BCUT2D eigenvalue weighted by Crippen LogP contribution is -2.65. The predicted octanol–water partition coefficient (Wildman–Crippen LogP) is 4.29. The Labute approximate surface area is 208 Å². The molecule has 0 bridgehead atoms. The van der Waals surface area contributed by atoms with Gasteiger partial charge in [0.2, 0.25) is 0 Å². The fourth-order valence-corrected chi connectivity index (χ4v) is 8.73. The van der Waals surface area contributed by atoms with Gasteiger partial charge in [-0.25, -0.2) is 4.79 Å². The standard InChI is InChI=1S/C29H34O5Si/c1-29(2,35(31,23-15-9-5-10-16-23)24-17-11-6-12-18-24)20-19-25-26(21-27(32-3)33-25)34-28(30)22-13-7-4-8-14-22/h4-18,25-27,31H,19-21H2,1-3H3/t25-,26?,27+/m1/s1. The topological polar surface area (TPSA) is 65.0 Å². The van der Waals surface area contributed by atoms with Gasteiger partial charge in [0.05, 0.1) is 11.7 Å². The highest BCUT2D eigenvalue weighted by Crippen LogP contribution is 2.42. The third-order valence-electron chi connectivity index (χ3n) is 7.11. The zero-order valence-electron chi connectivity index (χ0n) is 20.6. The van der Waals surface area contributed by atoms with Crippen molar-refractivity contribution < 1.29 is 23.8 Å². The van der Waals surface area contributed by atoms with Crippen LogP contribution in [-0.2, 0) is 14.2 Å². The second kappa shape index (κ2) is 10.9. The molecule has 6 heteroatoms. The van der Waals surface area contributed by atoms with E-state index in [9.17, 15) is 9.59 Å². The molecule has 1 saturated heterocycles. The summed E-state index contributed by atoms with van der Waals surface area (Å²) in [6.07, 6.45) is 0.674. The molecule has 1 heterocycles. The van der Waals surface area contributed by atoms with Crippen molar-refractivity contribution in [2.75, 3.05) is 7.11 Å². The van der Waals surface area contributed by atoms with Crippen molar-refractivity contribution in [2.24, 2.45) is 0 Å². The molecule has 0 aromatic heterocycles. The number of methoxy groups -OCH3 is 1. The molecule has 3 aromatic rings. The van der Waals surface area contributed by atoms with Gasteiger partial charge in [0, 0.05) is 13.5 Å². The van der Waals surface area contributed by atoms with Crippen LogP contribution in [0.25, 0.3) is 0 Å². The van der Waals surface area contributed by atoms with Gasteiger partial charge in [-0.2, -0.15) is 0 Å². The second-order valence-electron chi connectivity index (χ2n) is 9.75. The van der Waals surface area contributed by atoms with Gasteiger partial charge >= 0.3 is 5.97 Å². The zero-order chi connectivity index (χ0) is 24.9. The van der Waals surface area contributed by atoms with Crippen molar-refractivity contribution in [2.45, 2.75) is 56.6 Å². The van der Waals surface area contributed by atoms with Crippen molar-refractivity contribution in [1.29, 1.82) is 0 Å². The van der Waals surface area contributed by atoms with Gasteiger partial charge in [0.15, 0.2) is 6.29 Å². The summed E-state index contributed by atoms with van der Waals surface area (Å²) in [7, 11) is -1.53. The molecule has 1 fully saturated rings. The van der Waals surface area contributed by atoms with Crippen molar-refractivity contribution in [3.63, 3.8) is 0 Å². The Morgan fingerprint density at radius 2 is 1.46 bits per heavy atom. The van der Waals surface area contributed by atoms with E-state index in [1.54, 1.807) is 19.2 Å². The fraction of sp³-hybridized carbons (Fsp3) is 0.345. The summed E-state index contributed by atoms with van der Waals surface area (Å²) >= 11 is 0. The summed E-state index contributed by atoms with van der Waals surface area (Å²) in [6.45, 7) is 4.26. The fourth-order valence-electron chi connectivity index (χ4n) is 4.98. The lowest BCUT2D eigenvalue weighted by Gasteiger charge is -2.42. The van der Waals surface area contributed by atoms with E-state index in [-0.39, 0.29) is 12.1 Å². The van der Waals surface area contributed by atoms with Crippen LogP contribution in [-0.4, -0.2) is 44.7 Å². The number of hydrogen-bond donors (Lipinski definition) is 1. The van der Waals surface area contributed by atoms with Gasteiger partial charge in [-0.3, -0.25) is 0 Å². The Kier molecular flexibility index (Phi) is 7.87. The summed E-state index contributed by atoms with van der Waals surface area (Å²) in [4.78, 5) is 25.1. The number of hydrogen-bond acceptors (Lipinski definition) is 5. The Morgan fingerprint density at radius 3 is 1.97 bits per heavy atom. The minimum absolute atomic E-state index is 0.309. The lowest BCUT2D eigenvalue weighted by atomic mass is 10.0. The molecule has 1 unspecified atom stereocenters. The monoisotopic (exact) mass is 490 g/mol. The minimum atomic E-state index is -3.13. The summed E-state index contributed by atoms with van der Waals surface area (Å²) in [6, 6.07) is 29.0. The van der Waals surface area contributed by atoms with E-state index in [1.807, 2.05) is 78.9 Å². The molecule has 0 saturated carbocycles. The maximum absolute atomic E-state index is 12.7. The number of ether oxygens (including phenoxy) is 3. The predicted molar refractivity (Wildman–Crippen MR) is 139 cm³/mol. The first-order valence-electron chi connectivity index (χ1n) is 12.1. The molecule has 35 heavy (non-hydrogen) atoms. The van der Waals surface area contributed by atoms with Crippen LogP contribution in [0.2, 0.25) is 5.04 Å². The van der Waals surface area contributed by atoms with E-state index in [0.29, 0.717) is 24.8 Å². The number of carbonyl (C=O) groups excluding carboxylic acids is 1. The maximum atomic E-state index is 12.7. The number of benzene rings is 3. The largest absolute Gasteiger partial charge is 0.456 e. The van der Waals surface area contributed by atoms with Crippen LogP contribution >= 0.6 is 0 Å². The Hall–Kier alpha value is -2.77. The van der Waals surface area contributed by atoms with E-state index < -0.39 is 25.7 Å². The van der Waals surface area contributed by atoms with Gasteiger partial charge < -0.3 is 19.0 Å². The Morgan fingerprint density at radius 1 is 0.943 bits per heavy atom. The zero-order valence-corrected chi connectivity index (χ0v) is 21.6. The molecule has 1 N–H and O–H groups in total. The van der Waals surface area contributed by atoms with Crippen LogP contribution in [0.1, 0.15) is 43.5 Å². The lowest BCUT2D eigenvalue weighted by molar-refractivity contribution is -0.120. The molecule has 3 atom stereocenters. The van der Waals surface area contributed by atoms with E-state index in [1.165, 1.54) is 0 Å². The first-order chi connectivity index (χ1) is 16.8. The molecule has 1 aliphatic rings. The molecular weight excluding hydrogens is 456 g/mol. The molecule has 0 amide bonds. The minimum Gasteiger partial charge on any atom is -0.456 e. The highest BCUT2D eigenvalue weighted by Gasteiger charge is 2.50. The van der Waals surface area contributed by atoms with Crippen LogP contribution in [0, 0.1) is 0 Å². The van der Waals surface area contributed by atoms with Crippen molar-refractivity contribution in [1.82, 2.24) is 0 Å². The third-order valence-corrected chi connectivity index (χ3v) is 11.7. The smallest absolute Gasteiger partial charge is 0.338 e. The number of esters is 1. The first kappa shape index (κ1) is 25.3. The van der Waals surface area contributed by atoms with Gasteiger partial charge in [0.25, 0.3) is 8.32 Å². The number of carbonyl (C=O) groups is 1. The molecule has 0 radical (unpaired) electrons. The van der Waals surface area contributed by atoms with Gasteiger partial charge in [-0.15, -0.1) is 0 Å². The quantitative estimate of drug-likeness (QED) is 0.358. The molecule has 4 rings (SSSR count). The molecule has 3 aromatic carbocycles. The van der Waals surface area contributed by atoms with Crippen molar-refractivity contribution >= 4 is 24.7 Å². The Bertz CT molecular complexity index is 1050. The molecule has 0 aliphatic carbocycles. The molecule has 1 aliphatic heterocycles. The summed E-state index contributed by atoms with van der Waals surface area (Å²) in [5.41, 5.74) is 0.516. The SMILES string of the molecule is CO[C@@H]1CC(OC(=O)c2ccccc2)[C@@H](CCC(C)(C)[Si](O)(c2ccccc2)c2ccccc2)O1. The van der Waals surface area contributed by atoms with E-state index in [4.69, 9.17) is 14.2 Å². The van der Waals surface area contributed by atoms with Crippen molar-refractivity contribution in [3.05, 3.63) is 96.6 Å². The average molecular weight is 491 g/mol. The number of rotatable bonds is 9. The van der Waals surface area contributed by atoms with Gasteiger partial charge in [0.1, 0.15) is 6.10 Å². The van der Waals surface area contributed by atoms with E-state index in [2.05, 4.69) is 13.8 Å². The normalized spacial score (nSPS) is 20.5. The van der Waals surface area contributed by atoms with Crippen LogP contribution in [0.3, 0.4) is 0 Å². The molecule has 184 valence electrons. The van der Waals surface area contributed by atoms with Gasteiger partial charge in [-0.05, 0) is 40.4 Å². The molecular formula is C29H34O5Si. The van der Waals surface area contributed by atoms with Crippen molar-refractivity contribution in [3.8, 4) is 0 Å². The van der Waals surface area contributed by atoms with Crippen LogP contribution in [0.15, 0.2) is 91.0 Å². The second-order valence-corrected chi connectivity index (χ2v) is 13.7.